The van der Waals surface area contributed by atoms with Gasteiger partial charge in [0.2, 0.25) is 11.6 Å². The lowest BCUT2D eigenvalue weighted by Crippen LogP contribution is -2.17. The fourth-order valence-electron chi connectivity index (χ4n) is 2.25. The first kappa shape index (κ1) is 20.7. The highest BCUT2D eigenvalue weighted by Gasteiger charge is 2.29. The molecule has 9 heteroatoms. The van der Waals surface area contributed by atoms with Gasteiger partial charge in [0, 0.05) is 7.11 Å². The first-order valence-electron chi connectivity index (χ1n) is 7.78. The van der Waals surface area contributed by atoms with E-state index in [-0.39, 0.29) is 16.9 Å². The van der Waals surface area contributed by atoms with Gasteiger partial charge in [-0.2, -0.15) is 14.9 Å². The number of esters is 1. The first-order chi connectivity index (χ1) is 13.3. The second kappa shape index (κ2) is 8.42. The molecule has 0 bridgehead atoms. The molecule has 2 rings (SSSR count). The standard InChI is InChI=1S/C19H13F3N2O4/c1-9-5-4-6-11(19(25)27-10(2)26-3)17(9)28-18-15(21)13(8-24)12(7-23)14(20)16(18)22/h4-6,10H,1-3H3. The summed E-state index contributed by atoms with van der Waals surface area (Å²) >= 11 is 0. The summed E-state index contributed by atoms with van der Waals surface area (Å²) in [4.78, 5) is 12.3. The number of aryl methyl sites for hydroxylation is 1. The van der Waals surface area contributed by atoms with Crippen LogP contribution in [-0.4, -0.2) is 19.4 Å². The molecule has 0 aliphatic carbocycles. The molecule has 0 aliphatic rings. The van der Waals surface area contributed by atoms with Crippen molar-refractivity contribution in [3.05, 3.63) is 57.9 Å². The van der Waals surface area contributed by atoms with Gasteiger partial charge in [0.1, 0.15) is 34.6 Å². The number of hydrogen-bond acceptors (Lipinski definition) is 6. The predicted molar refractivity (Wildman–Crippen MR) is 88.9 cm³/mol. The quantitative estimate of drug-likeness (QED) is 0.434. The van der Waals surface area contributed by atoms with Gasteiger partial charge in [0.05, 0.1) is 0 Å². The number of ether oxygens (including phenoxy) is 3. The number of carbonyl (C=O) groups excluding carboxylic acids is 1. The van der Waals surface area contributed by atoms with Crippen LogP contribution >= 0.6 is 0 Å². The van der Waals surface area contributed by atoms with Gasteiger partial charge in [-0.05, 0) is 25.5 Å². The molecule has 0 aromatic heterocycles. The van der Waals surface area contributed by atoms with Crippen LogP contribution in [0.25, 0.3) is 0 Å². The van der Waals surface area contributed by atoms with Crippen LogP contribution in [0.15, 0.2) is 18.2 Å². The van der Waals surface area contributed by atoms with Crippen LogP contribution < -0.4 is 4.74 Å². The average Bonchev–Trinajstić information content (AvgIpc) is 2.68. The molecule has 0 amide bonds. The SMILES string of the molecule is COC(C)OC(=O)c1cccc(C)c1Oc1c(F)c(F)c(C#N)c(C#N)c1F. The Labute approximate surface area is 158 Å². The normalized spacial score (nSPS) is 11.3. The van der Waals surface area contributed by atoms with E-state index >= 15 is 0 Å². The van der Waals surface area contributed by atoms with E-state index < -0.39 is 46.6 Å². The largest absolute Gasteiger partial charge is 0.450 e. The highest BCUT2D eigenvalue weighted by atomic mass is 19.2. The smallest absolute Gasteiger partial charge is 0.344 e. The molecule has 6 nitrogen and oxygen atoms in total. The number of methoxy groups -OCH3 is 1. The summed E-state index contributed by atoms with van der Waals surface area (Å²) < 4.78 is 57.9. The van der Waals surface area contributed by atoms with E-state index in [2.05, 4.69) is 0 Å². The maximum Gasteiger partial charge on any atom is 0.344 e. The Hall–Kier alpha value is -3.56. The zero-order valence-electron chi connectivity index (χ0n) is 15.0. The highest BCUT2D eigenvalue weighted by Crippen LogP contribution is 2.36. The van der Waals surface area contributed by atoms with E-state index in [9.17, 15) is 18.0 Å². The maximum absolute atomic E-state index is 14.5. The highest BCUT2D eigenvalue weighted by molar-refractivity contribution is 5.93. The van der Waals surface area contributed by atoms with Crippen molar-refractivity contribution >= 4 is 5.97 Å². The first-order valence-corrected chi connectivity index (χ1v) is 7.78. The Morgan fingerprint density at radius 1 is 1.04 bits per heavy atom. The summed E-state index contributed by atoms with van der Waals surface area (Å²) in [5.74, 6) is -7.57. The lowest BCUT2D eigenvalue weighted by Gasteiger charge is -2.17. The Morgan fingerprint density at radius 3 is 2.21 bits per heavy atom. The van der Waals surface area contributed by atoms with Crippen molar-refractivity contribution in [3.8, 4) is 23.6 Å². The fraction of sp³-hybridized carbons (Fsp3) is 0.211. The van der Waals surface area contributed by atoms with E-state index in [0.29, 0.717) is 0 Å². The topological polar surface area (TPSA) is 92.3 Å². The third-order valence-electron chi connectivity index (χ3n) is 3.74. The van der Waals surface area contributed by atoms with Gasteiger partial charge in [-0.1, -0.05) is 12.1 Å². The summed E-state index contributed by atoms with van der Waals surface area (Å²) in [5.41, 5.74) is -2.02. The minimum absolute atomic E-state index is 0.203. The lowest BCUT2D eigenvalue weighted by atomic mass is 10.1. The lowest BCUT2D eigenvalue weighted by molar-refractivity contribution is -0.0774. The Kier molecular flexibility index (Phi) is 6.24. The molecule has 1 atom stereocenters. The van der Waals surface area contributed by atoms with Crippen LogP contribution in [0.3, 0.4) is 0 Å². The number of nitrogens with zero attached hydrogens (tertiary/aromatic N) is 2. The number of halogens is 3. The molecular weight excluding hydrogens is 377 g/mol. The number of carbonyl (C=O) groups is 1. The van der Waals surface area contributed by atoms with Crippen molar-refractivity contribution in [1.82, 2.24) is 0 Å². The van der Waals surface area contributed by atoms with E-state index in [1.54, 1.807) is 0 Å². The summed E-state index contributed by atoms with van der Waals surface area (Å²) in [6, 6.07) is 6.76. The number of rotatable bonds is 5. The van der Waals surface area contributed by atoms with Crippen LogP contribution in [0.1, 0.15) is 34.0 Å². The van der Waals surface area contributed by atoms with Crippen LogP contribution in [0.5, 0.6) is 11.5 Å². The van der Waals surface area contributed by atoms with Crippen molar-refractivity contribution in [2.75, 3.05) is 7.11 Å². The van der Waals surface area contributed by atoms with Crippen LogP contribution in [0.2, 0.25) is 0 Å². The zero-order valence-corrected chi connectivity index (χ0v) is 15.0. The monoisotopic (exact) mass is 390 g/mol. The summed E-state index contributed by atoms with van der Waals surface area (Å²) in [6.07, 6.45) is -0.910. The van der Waals surface area contributed by atoms with Gasteiger partial charge in [-0.15, -0.1) is 0 Å². The molecule has 2 aromatic carbocycles. The number of hydrogen-bond donors (Lipinski definition) is 0. The van der Waals surface area contributed by atoms with Gasteiger partial charge >= 0.3 is 5.97 Å². The van der Waals surface area contributed by atoms with Gasteiger partial charge in [0.25, 0.3) is 0 Å². The second-order valence-electron chi connectivity index (χ2n) is 5.51. The van der Waals surface area contributed by atoms with E-state index in [4.69, 9.17) is 24.7 Å². The van der Waals surface area contributed by atoms with Crippen molar-refractivity contribution in [1.29, 1.82) is 10.5 Å². The van der Waals surface area contributed by atoms with Gasteiger partial charge in [-0.3, -0.25) is 0 Å². The number of para-hydroxylation sites is 1. The molecule has 0 radical (unpaired) electrons. The molecule has 0 saturated heterocycles. The molecular formula is C19H13F3N2O4. The van der Waals surface area contributed by atoms with Crippen molar-refractivity contribution in [3.63, 3.8) is 0 Å². The molecule has 0 aliphatic heterocycles. The van der Waals surface area contributed by atoms with Crippen LogP contribution in [0, 0.1) is 47.0 Å². The van der Waals surface area contributed by atoms with Crippen molar-refractivity contribution < 1.29 is 32.2 Å². The van der Waals surface area contributed by atoms with Crippen LogP contribution in [-0.2, 0) is 9.47 Å². The Bertz CT molecular complexity index is 1030. The number of benzene rings is 2. The van der Waals surface area contributed by atoms with Gasteiger partial charge in [0.15, 0.2) is 17.9 Å². The average molecular weight is 390 g/mol. The second-order valence-corrected chi connectivity index (χ2v) is 5.51. The third-order valence-corrected chi connectivity index (χ3v) is 3.74. The minimum atomic E-state index is -1.80. The van der Waals surface area contributed by atoms with Crippen molar-refractivity contribution in [2.24, 2.45) is 0 Å². The Morgan fingerprint density at radius 2 is 1.64 bits per heavy atom. The third kappa shape index (κ3) is 3.75. The Balaban J connectivity index is 2.62. The maximum atomic E-state index is 14.5. The van der Waals surface area contributed by atoms with E-state index in [0.717, 1.165) is 0 Å². The molecule has 144 valence electrons. The summed E-state index contributed by atoms with van der Waals surface area (Å²) in [7, 11) is 1.30. The molecule has 1 unspecified atom stereocenters. The molecule has 0 spiro atoms. The molecule has 2 aromatic rings. The minimum Gasteiger partial charge on any atom is -0.450 e. The predicted octanol–water partition coefficient (Wildman–Crippen LogP) is 4.10. The van der Waals surface area contributed by atoms with Crippen LogP contribution in [0.4, 0.5) is 13.2 Å². The summed E-state index contributed by atoms with van der Waals surface area (Å²) in [6.45, 7) is 2.93. The molecule has 28 heavy (non-hydrogen) atoms. The van der Waals surface area contributed by atoms with E-state index in [1.807, 2.05) is 0 Å². The fourth-order valence-corrected chi connectivity index (χ4v) is 2.25. The molecule has 0 heterocycles. The molecule has 0 fully saturated rings. The van der Waals surface area contributed by atoms with Crippen molar-refractivity contribution in [2.45, 2.75) is 20.1 Å². The molecule has 0 saturated carbocycles. The zero-order chi connectivity index (χ0) is 21.0. The molecule has 0 N–H and O–H groups in total. The summed E-state index contributed by atoms with van der Waals surface area (Å²) in [5, 5.41) is 17.8. The van der Waals surface area contributed by atoms with Gasteiger partial charge < -0.3 is 14.2 Å². The van der Waals surface area contributed by atoms with E-state index in [1.165, 1.54) is 51.3 Å². The van der Waals surface area contributed by atoms with Gasteiger partial charge in [-0.25, -0.2) is 13.6 Å². The number of nitriles is 2.